The van der Waals surface area contributed by atoms with Gasteiger partial charge in [-0.1, -0.05) is 54.5 Å². The summed E-state index contributed by atoms with van der Waals surface area (Å²) >= 11 is 0. The molecule has 0 fully saturated rings. The maximum atomic E-state index is 11.6. The molecular weight excluding hydrogens is 256 g/mol. The van der Waals surface area contributed by atoms with Crippen LogP contribution in [0, 0.1) is 11.8 Å². The summed E-state index contributed by atoms with van der Waals surface area (Å²) in [5.41, 5.74) is -0.382. The number of carbonyl (C=O) groups excluding carboxylic acids is 1. The van der Waals surface area contributed by atoms with Gasteiger partial charge < -0.3 is 9.84 Å². The van der Waals surface area contributed by atoms with Gasteiger partial charge in [0, 0.05) is 0 Å². The van der Waals surface area contributed by atoms with E-state index in [1.54, 1.807) is 6.92 Å². The number of ether oxygens (including phenoxy) is 1. The van der Waals surface area contributed by atoms with Gasteiger partial charge in [0.2, 0.25) is 0 Å². The molecular formula is C15H20O3Si. The molecule has 0 saturated carbocycles. The molecule has 4 heteroatoms. The minimum atomic E-state index is -2.10. The first kappa shape index (κ1) is 15.5. The van der Waals surface area contributed by atoms with Gasteiger partial charge in [0.25, 0.3) is 0 Å². The molecule has 2 atom stereocenters. The molecule has 0 heterocycles. The maximum Gasteiger partial charge on any atom is 0.335 e. The molecule has 0 radical (unpaired) electrons. The van der Waals surface area contributed by atoms with Crippen LogP contribution in [0.5, 0.6) is 0 Å². The van der Waals surface area contributed by atoms with Gasteiger partial charge >= 0.3 is 5.97 Å². The highest BCUT2D eigenvalue weighted by Crippen LogP contribution is 2.26. The van der Waals surface area contributed by atoms with Gasteiger partial charge in [-0.05, 0) is 6.92 Å². The van der Waals surface area contributed by atoms with Crippen LogP contribution in [0.25, 0.3) is 0 Å². The van der Waals surface area contributed by atoms with Crippen LogP contribution in [0.15, 0.2) is 30.3 Å². The van der Waals surface area contributed by atoms with Gasteiger partial charge in [0.1, 0.15) is 8.07 Å². The van der Waals surface area contributed by atoms with Crippen LogP contribution < -0.4 is 5.19 Å². The smallest absolute Gasteiger partial charge is 0.335 e. The molecule has 1 N–H and O–H groups in total. The highest BCUT2D eigenvalue weighted by Gasteiger charge is 2.40. The number of hydrogen-bond acceptors (Lipinski definition) is 3. The van der Waals surface area contributed by atoms with Crippen molar-refractivity contribution in [2.75, 3.05) is 7.11 Å². The average molecular weight is 276 g/mol. The number of hydrogen-bond donors (Lipinski definition) is 1. The Morgan fingerprint density at radius 2 is 1.89 bits per heavy atom. The van der Waals surface area contributed by atoms with Crippen molar-refractivity contribution in [3.8, 4) is 11.8 Å². The Morgan fingerprint density at radius 3 is 2.37 bits per heavy atom. The van der Waals surface area contributed by atoms with E-state index in [1.807, 2.05) is 30.3 Å². The predicted molar refractivity (Wildman–Crippen MR) is 78.8 cm³/mol. The largest absolute Gasteiger partial charge is 0.467 e. The molecule has 0 unspecified atom stereocenters. The van der Waals surface area contributed by atoms with Crippen molar-refractivity contribution in [1.29, 1.82) is 0 Å². The van der Waals surface area contributed by atoms with Crippen LogP contribution >= 0.6 is 0 Å². The van der Waals surface area contributed by atoms with Crippen molar-refractivity contribution in [3.05, 3.63) is 30.3 Å². The lowest BCUT2D eigenvalue weighted by Crippen LogP contribution is -2.51. The van der Waals surface area contributed by atoms with Crippen molar-refractivity contribution in [2.24, 2.45) is 0 Å². The Hall–Kier alpha value is -1.57. The summed E-state index contributed by atoms with van der Waals surface area (Å²) in [7, 11) is -0.820. The molecule has 0 aliphatic carbocycles. The SMILES string of the molecule is CC#C[C@H]([C@H](O)C(=O)OC)[Si](C)(C)c1ccccc1. The highest BCUT2D eigenvalue weighted by molar-refractivity contribution is 6.91. The monoisotopic (exact) mass is 276 g/mol. The van der Waals surface area contributed by atoms with Crippen molar-refractivity contribution in [2.45, 2.75) is 31.7 Å². The zero-order valence-electron chi connectivity index (χ0n) is 11.8. The number of esters is 1. The van der Waals surface area contributed by atoms with E-state index in [9.17, 15) is 9.90 Å². The molecule has 0 amide bonds. The fourth-order valence-electron chi connectivity index (χ4n) is 2.11. The van der Waals surface area contributed by atoms with Crippen LogP contribution in [0.1, 0.15) is 6.92 Å². The van der Waals surface area contributed by atoms with E-state index in [0.29, 0.717) is 0 Å². The molecule has 0 spiro atoms. The number of aliphatic hydroxyl groups is 1. The first-order valence-corrected chi connectivity index (χ1v) is 9.26. The van der Waals surface area contributed by atoms with Crippen LogP contribution in [-0.4, -0.2) is 32.4 Å². The van der Waals surface area contributed by atoms with Gasteiger partial charge in [0.05, 0.1) is 12.7 Å². The Morgan fingerprint density at radius 1 is 1.32 bits per heavy atom. The second-order valence-corrected chi connectivity index (χ2v) is 9.57. The summed E-state index contributed by atoms with van der Waals surface area (Å²) < 4.78 is 4.64. The maximum absolute atomic E-state index is 11.6. The lowest BCUT2D eigenvalue weighted by atomic mass is 10.2. The second-order valence-electron chi connectivity index (χ2n) is 4.93. The third kappa shape index (κ3) is 3.46. The number of aliphatic hydroxyl groups excluding tert-OH is 1. The summed E-state index contributed by atoms with van der Waals surface area (Å²) in [4.78, 5) is 11.6. The average Bonchev–Trinajstić information content (AvgIpc) is 2.43. The molecule has 0 aromatic heterocycles. The standard InChI is InChI=1S/C15H20O3Si/c1-5-9-13(14(16)15(17)18-2)19(3,4)12-10-7-6-8-11-12/h6-8,10-11,13-14,16H,1-4H3/t13-,14+/m1/s1. The molecule has 1 aromatic carbocycles. The van der Waals surface area contributed by atoms with Crippen LogP contribution in [-0.2, 0) is 9.53 Å². The Bertz CT molecular complexity index is 485. The molecule has 1 aromatic rings. The summed E-state index contributed by atoms with van der Waals surface area (Å²) in [6, 6.07) is 9.93. The molecule has 0 aliphatic rings. The van der Waals surface area contributed by atoms with Gasteiger partial charge in [-0.3, -0.25) is 0 Å². The molecule has 19 heavy (non-hydrogen) atoms. The second kappa shape index (κ2) is 6.55. The van der Waals surface area contributed by atoms with E-state index in [2.05, 4.69) is 29.7 Å². The van der Waals surface area contributed by atoms with Crippen molar-refractivity contribution >= 4 is 19.2 Å². The number of carbonyl (C=O) groups is 1. The highest BCUT2D eigenvalue weighted by atomic mass is 28.3. The van der Waals surface area contributed by atoms with Gasteiger partial charge in [-0.2, -0.15) is 0 Å². The summed E-state index contributed by atoms with van der Waals surface area (Å²) in [6.45, 7) is 5.92. The van der Waals surface area contributed by atoms with E-state index in [-0.39, 0.29) is 5.54 Å². The van der Waals surface area contributed by atoms with Gasteiger partial charge in [-0.15, -0.1) is 5.92 Å². The molecule has 0 bridgehead atoms. The number of rotatable bonds is 4. The van der Waals surface area contributed by atoms with Crippen molar-refractivity contribution < 1.29 is 14.6 Å². The molecule has 1 rings (SSSR count). The normalized spacial score (nSPS) is 13.9. The fraction of sp³-hybridized carbons (Fsp3) is 0.400. The molecule has 102 valence electrons. The molecule has 3 nitrogen and oxygen atoms in total. The van der Waals surface area contributed by atoms with E-state index in [4.69, 9.17) is 0 Å². The Kier molecular flexibility index (Phi) is 5.34. The zero-order valence-corrected chi connectivity index (χ0v) is 12.8. The Labute approximate surface area is 115 Å². The van der Waals surface area contributed by atoms with Gasteiger partial charge in [-0.25, -0.2) is 4.79 Å². The first-order valence-electron chi connectivity index (χ1n) is 6.18. The third-order valence-electron chi connectivity index (χ3n) is 3.35. The number of methoxy groups -OCH3 is 1. The van der Waals surface area contributed by atoms with Crippen LogP contribution in [0.4, 0.5) is 0 Å². The Balaban J connectivity index is 3.17. The molecule has 0 saturated heterocycles. The summed E-state index contributed by atoms with van der Waals surface area (Å²) in [5, 5.41) is 11.3. The topological polar surface area (TPSA) is 46.5 Å². The predicted octanol–water partition coefficient (Wildman–Crippen LogP) is 1.53. The van der Waals surface area contributed by atoms with E-state index < -0.39 is 20.1 Å². The van der Waals surface area contributed by atoms with E-state index >= 15 is 0 Å². The van der Waals surface area contributed by atoms with E-state index in [0.717, 1.165) is 5.19 Å². The van der Waals surface area contributed by atoms with Crippen molar-refractivity contribution in [1.82, 2.24) is 0 Å². The third-order valence-corrected chi connectivity index (χ3v) is 7.19. The van der Waals surface area contributed by atoms with Crippen LogP contribution in [0.2, 0.25) is 18.6 Å². The minimum absolute atomic E-state index is 0.382. The lowest BCUT2D eigenvalue weighted by Gasteiger charge is -2.31. The first-order chi connectivity index (χ1) is 8.95. The summed E-state index contributed by atoms with van der Waals surface area (Å²) in [5.74, 6) is 5.20. The van der Waals surface area contributed by atoms with Gasteiger partial charge in [0.15, 0.2) is 6.10 Å². The summed E-state index contributed by atoms with van der Waals surface area (Å²) in [6.07, 6.45) is -1.20. The lowest BCUT2D eigenvalue weighted by molar-refractivity contribution is -0.150. The minimum Gasteiger partial charge on any atom is -0.467 e. The molecule has 0 aliphatic heterocycles. The fourth-order valence-corrected chi connectivity index (χ4v) is 4.95. The van der Waals surface area contributed by atoms with E-state index in [1.165, 1.54) is 7.11 Å². The number of benzene rings is 1. The van der Waals surface area contributed by atoms with Crippen LogP contribution in [0.3, 0.4) is 0 Å². The van der Waals surface area contributed by atoms with Crippen molar-refractivity contribution in [3.63, 3.8) is 0 Å². The zero-order chi connectivity index (χ0) is 14.5. The quantitative estimate of drug-likeness (QED) is 0.515.